The van der Waals surface area contributed by atoms with Gasteiger partial charge in [0.15, 0.2) is 0 Å². The van der Waals surface area contributed by atoms with Crippen LogP contribution in [0.1, 0.15) is 32.1 Å². The van der Waals surface area contributed by atoms with Crippen LogP contribution in [-0.4, -0.2) is 13.0 Å². The van der Waals surface area contributed by atoms with Crippen molar-refractivity contribution in [3.05, 3.63) is 18.2 Å². The maximum atomic E-state index is 11.8. The lowest BCUT2D eigenvalue weighted by Gasteiger charge is -2.24. The fraction of sp³-hybridized carbons (Fsp3) is 0.500. The second-order valence-electron chi connectivity index (χ2n) is 4.84. The first kappa shape index (κ1) is 15.6. The van der Waals surface area contributed by atoms with Gasteiger partial charge in [-0.25, -0.2) is 0 Å². The van der Waals surface area contributed by atoms with Gasteiger partial charge in [-0.1, -0.05) is 19.3 Å². The zero-order chi connectivity index (χ0) is 13.0. The van der Waals surface area contributed by atoms with Crippen LogP contribution in [0, 0.1) is 5.92 Å². The van der Waals surface area contributed by atoms with E-state index in [1.54, 1.807) is 25.3 Å². The van der Waals surface area contributed by atoms with E-state index in [0.717, 1.165) is 12.3 Å². The van der Waals surface area contributed by atoms with Crippen molar-refractivity contribution in [3.8, 4) is 5.75 Å². The van der Waals surface area contributed by atoms with Crippen LogP contribution in [0.3, 0.4) is 0 Å². The number of carbonyl (C=O) groups is 1. The molecule has 4 nitrogen and oxygen atoms in total. The number of nitrogens with one attached hydrogen (secondary N) is 1. The standard InChI is InChI=1S/C14H20N2O2.ClH/c1-18-11-6-7-12(15)13(9-11)16-14(17)8-5-10-3-2-4-10;/h6-7,9-10H,2-5,8,15H2,1H3,(H,16,17);1H. The summed E-state index contributed by atoms with van der Waals surface area (Å²) in [5.74, 6) is 1.47. The van der Waals surface area contributed by atoms with E-state index < -0.39 is 0 Å². The van der Waals surface area contributed by atoms with Gasteiger partial charge in [-0.15, -0.1) is 12.4 Å². The third-order valence-corrected chi connectivity index (χ3v) is 3.54. The van der Waals surface area contributed by atoms with Crippen molar-refractivity contribution in [1.82, 2.24) is 0 Å². The van der Waals surface area contributed by atoms with E-state index in [-0.39, 0.29) is 18.3 Å². The first-order valence-electron chi connectivity index (χ1n) is 6.42. The lowest BCUT2D eigenvalue weighted by atomic mass is 9.82. The molecule has 0 spiro atoms. The average Bonchev–Trinajstić information content (AvgIpc) is 2.30. The van der Waals surface area contributed by atoms with Gasteiger partial charge < -0.3 is 15.8 Å². The molecule has 1 aromatic carbocycles. The third kappa shape index (κ3) is 4.31. The first-order valence-corrected chi connectivity index (χ1v) is 6.42. The number of ether oxygens (including phenoxy) is 1. The summed E-state index contributed by atoms with van der Waals surface area (Å²) in [6, 6.07) is 5.26. The number of methoxy groups -OCH3 is 1. The number of nitrogens with two attached hydrogens (primary N) is 1. The molecule has 5 heteroatoms. The number of anilines is 2. The van der Waals surface area contributed by atoms with Crippen LogP contribution in [0.5, 0.6) is 5.75 Å². The second-order valence-corrected chi connectivity index (χ2v) is 4.84. The maximum absolute atomic E-state index is 11.8. The van der Waals surface area contributed by atoms with Crippen molar-refractivity contribution in [2.45, 2.75) is 32.1 Å². The largest absolute Gasteiger partial charge is 0.497 e. The summed E-state index contributed by atoms with van der Waals surface area (Å²) in [6.07, 6.45) is 5.41. The lowest BCUT2D eigenvalue weighted by Crippen LogP contribution is -2.17. The van der Waals surface area contributed by atoms with E-state index >= 15 is 0 Å². The van der Waals surface area contributed by atoms with Gasteiger partial charge in [-0.3, -0.25) is 4.79 Å². The fourth-order valence-corrected chi connectivity index (χ4v) is 2.10. The molecule has 2 rings (SSSR count). The van der Waals surface area contributed by atoms with Gasteiger partial charge in [0.25, 0.3) is 0 Å². The summed E-state index contributed by atoms with van der Waals surface area (Å²) >= 11 is 0. The molecule has 1 aliphatic rings. The van der Waals surface area contributed by atoms with Gasteiger partial charge in [0.1, 0.15) is 5.75 Å². The predicted octanol–water partition coefficient (Wildman–Crippen LogP) is 3.22. The fourth-order valence-electron chi connectivity index (χ4n) is 2.10. The Hall–Kier alpha value is -1.42. The van der Waals surface area contributed by atoms with Gasteiger partial charge in [-0.05, 0) is 24.5 Å². The Bertz CT molecular complexity index is 433. The van der Waals surface area contributed by atoms with Gasteiger partial charge in [0.2, 0.25) is 5.91 Å². The molecular weight excluding hydrogens is 264 g/mol. The highest BCUT2D eigenvalue weighted by molar-refractivity contribution is 5.94. The summed E-state index contributed by atoms with van der Waals surface area (Å²) in [7, 11) is 1.59. The number of carbonyl (C=O) groups excluding carboxylic acids is 1. The molecule has 0 atom stereocenters. The molecule has 1 amide bonds. The van der Waals surface area contributed by atoms with Crippen molar-refractivity contribution < 1.29 is 9.53 Å². The number of amides is 1. The Morgan fingerprint density at radius 3 is 2.79 bits per heavy atom. The Balaban J connectivity index is 0.00000180. The molecule has 0 radical (unpaired) electrons. The predicted molar refractivity (Wildman–Crippen MR) is 79.9 cm³/mol. The molecule has 1 aliphatic carbocycles. The zero-order valence-electron chi connectivity index (χ0n) is 11.1. The zero-order valence-corrected chi connectivity index (χ0v) is 12.0. The smallest absolute Gasteiger partial charge is 0.224 e. The first-order chi connectivity index (χ1) is 8.69. The molecule has 0 bridgehead atoms. The van der Waals surface area contributed by atoms with Gasteiger partial charge in [-0.2, -0.15) is 0 Å². The number of halogens is 1. The highest BCUT2D eigenvalue weighted by atomic mass is 35.5. The minimum atomic E-state index is 0. The van der Waals surface area contributed by atoms with Gasteiger partial charge in [0, 0.05) is 12.5 Å². The van der Waals surface area contributed by atoms with Crippen molar-refractivity contribution in [2.24, 2.45) is 5.92 Å². The van der Waals surface area contributed by atoms with Crippen LogP contribution >= 0.6 is 12.4 Å². The highest BCUT2D eigenvalue weighted by Gasteiger charge is 2.18. The van der Waals surface area contributed by atoms with Crippen molar-refractivity contribution in [2.75, 3.05) is 18.2 Å². The summed E-state index contributed by atoms with van der Waals surface area (Å²) in [5.41, 5.74) is 7.01. The number of rotatable bonds is 5. The quantitative estimate of drug-likeness (QED) is 0.816. The molecule has 0 unspecified atom stereocenters. The number of benzene rings is 1. The van der Waals surface area contributed by atoms with Crippen LogP contribution in [-0.2, 0) is 4.79 Å². The molecule has 0 aliphatic heterocycles. The van der Waals surface area contributed by atoms with Crippen LogP contribution in [0.25, 0.3) is 0 Å². The monoisotopic (exact) mass is 284 g/mol. The minimum absolute atomic E-state index is 0. The van der Waals surface area contributed by atoms with E-state index in [2.05, 4.69) is 5.32 Å². The molecule has 106 valence electrons. The Labute approximate surface area is 120 Å². The Morgan fingerprint density at radius 1 is 1.47 bits per heavy atom. The van der Waals surface area contributed by atoms with E-state index in [1.807, 2.05) is 0 Å². The molecule has 1 fully saturated rings. The van der Waals surface area contributed by atoms with Crippen molar-refractivity contribution in [3.63, 3.8) is 0 Å². The molecule has 19 heavy (non-hydrogen) atoms. The van der Waals surface area contributed by atoms with Crippen LogP contribution < -0.4 is 15.8 Å². The maximum Gasteiger partial charge on any atom is 0.224 e. The van der Waals surface area contributed by atoms with E-state index in [0.29, 0.717) is 23.5 Å². The molecule has 0 saturated heterocycles. The molecular formula is C14H21ClN2O2. The topological polar surface area (TPSA) is 64.3 Å². The normalized spacial score (nSPS) is 14.2. The molecule has 1 saturated carbocycles. The summed E-state index contributed by atoms with van der Waals surface area (Å²) in [4.78, 5) is 11.8. The van der Waals surface area contributed by atoms with Crippen molar-refractivity contribution >= 4 is 29.7 Å². The Kier molecular flexibility index (Phi) is 5.96. The number of nitrogen functional groups attached to an aromatic ring is 1. The van der Waals surface area contributed by atoms with Crippen LogP contribution in [0.2, 0.25) is 0 Å². The summed E-state index contributed by atoms with van der Waals surface area (Å²) in [6.45, 7) is 0. The van der Waals surface area contributed by atoms with Crippen LogP contribution in [0.15, 0.2) is 18.2 Å². The molecule has 1 aromatic rings. The lowest BCUT2D eigenvalue weighted by molar-refractivity contribution is -0.116. The molecule has 3 N–H and O–H groups in total. The average molecular weight is 285 g/mol. The number of hydrogen-bond acceptors (Lipinski definition) is 3. The summed E-state index contributed by atoms with van der Waals surface area (Å²) < 4.78 is 5.11. The van der Waals surface area contributed by atoms with Crippen LogP contribution in [0.4, 0.5) is 11.4 Å². The third-order valence-electron chi connectivity index (χ3n) is 3.54. The molecule has 0 aromatic heterocycles. The highest BCUT2D eigenvalue weighted by Crippen LogP contribution is 2.31. The van der Waals surface area contributed by atoms with Crippen molar-refractivity contribution in [1.29, 1.82) is 0 Å². The minimum Gasteiger partial charge on any atom is -0.497 e. The van der Waals surface area contributed by atoms with E-state index in [4.69, 9.17) is 10.5 Å². The Morgan fingerprint density at radius 2 is 2.21 bits per heavy atom. The summed E-state index contributed by atoms with van der Waals surface area (Å²) in [5, 5.41) is 2.84. The molecule has 0 heterocycles. The van der Waals surface area contributed by atoms with E-state index in [9.17, 15) is 4.79 Å². The second kappa shape index (κ2) is 7.24. The van der Waals surface area contributed by atoms with Gasteiger partial charge >= 0.3 is 0 Å². The van der Waals surface area contributed by atoms with Gasteiger partial charge in [0.05, 0.1) is 18.5 Å². The number of hydrogen-bond donors (Lipinski definition) is 2. The van der Waals surface area contributed by atoms with E-state index in [1.165, 1.54) is 19.3 Å². The SMILES string of the molecule is COc1ccc(N)c(NC(=O)CCC2CCC2)c1.Cl.